The van der Waals surface area contributed by atoms with Gasteiger partial charge in [-0.15, -0.1) is 0 Å². The highest BCUT2D eigenvalue weighted by atomic mass is 16.2. The van der Waals surface area contributed by atoms with Crippen LogP contribution in [0.25, 0.3) is 0 Å². The number of anilines is 1. The molecule has 3 rings (SSSR count). The molecule has 2 atom stereocenters. The zero-order valence-corrected chi connectivity index (χ0v) is 11.2. The number of aryl methyl sites for hydroxylation is 1. The van der Waals surface area contributed by atoms with Crippen LogP contribution in [0.5, 0.6) is 0 Å². The standard InChI is InChI=1S/C16H17NO2/c1-10-7-8-12-13(9-10)16(19)17(15(12)18)14-6-4-3-5-11(14)2/h3-7,12-13H,8-9H2,1-2H3/t12-,13+/m0/s1. The SMILES string of the molecule is CC1=CC[C@@H]2C(=O)N(c3ccccc3C)C(=O)[C@@H]2C1. The summed E-state index contributed by atoms with van der Waals surface area (Å²) < 4.78 is 0. The lowest BCUT2D eigenvalue weighted by Crippen LogP contribution is -2.31. The first kappa shape index (κ1) is 12.2. The second-order valence-corrected chi connectivity index (χ2v) is 5.50. The number of amides is 2. The number of hydrogen-bond donors (Lipinski definition) is 0. The number of carbonyl (C=O) groups excluding carboxylic acids is 2. The summed E-state index contributed by atoms with van der Waals surface area (Å²) in [5.74, 6) is -0.377. The Morgan fingerprint density at radius 1 is 1.05 bits per heavy atom. The molecule has 0 spiro atoms. The molecule has 0 radical (unpaired) electrons. The van der Waals surface area contributed by atoms with Crippen LogP contribution in [0.1, 0.15) is 25.3 Å². The second-order valence-electron chi connectivity index (χ2n) is 5.50. The lowest BCUT2D eigenvalue weighted by atomic mass is 9.82. The van der Waals surface area contributed by atoms with E-state index in [1.54, 1.807) is 0 Å². The Morgan fingerprint density at radius 2 is 1.74 bits per heavy atom. The molecule has 0 aromatic heterocycles. The summed E-state index contributed by atoms with van der Waals surface area (Å²) >= 11 is 0. The minimum absolute atomic E-state index is 0.0308. The molecule has 1 aromatic rings. The van der Waals surface area contributed by atoms with Crippen molar-refractivity contribution >= 4 is 17.5 Å². The molecule has 1 aliphatic heterocycles. The Balaban J connectivity index is 2.00. The van der Waals surface area contributed by atoms with Crippen LogP contribution in [-0.2, 0) is 9.59 Å². The molecule has 3 nitrogen and oxygen atoms in total. The highest BCUT2D eigenvalue weighted by molar-refractivity contribution is 6.22. The monoisotopic (exact) mass is 255 g/mol. The van der Waals surface area contributed by atoms with E-state index in [4.69, 9.17) is 0 Å². The summed E-state index contributed by atoms with van der Waals surface area (Å²) in [6.45, 7) is 3.96. The van der Waals surface area contributed by atoms with E-state index in [2.05, 4.69) is 6.08 Å². The minimum atomic E-state index is -0.157. The molecule has 3 heteroatoms. The summed E-state index contributed by atoms with van der Waals surface area (Å²) in [6, 6.07) is 7.57. The van der Waals surface area contributed by atoms with Crippen molar-refractivity contribution in [2.75, 3.05) is 4.90 Å². The molecule has 0 saturated carbocycles. The van der Waals surface area contributed by atoms with Crippen LogP contribution in [0.4, 0.5) is 5.69 Å². The fraction of sp³-hybridized carbons (Fsp3) is 0.375. The van der Waals surface area contributed by atoms with Crippen molar-refractivity contribution in [2.45, 2.75) is 26.7 Å². The van der Waals surface area contributed by atoms with E-state index in [9.17, 15) is 9.59 Å². The highest BCUT2D eigenvalue weighted by Gasteiger charge is 2.48. The van der Waals surface area contributed by atoms with Crippen LogP contribution >= 0.6 is 0 Å². The average molecular weight is 255 g/mol. The predicted octanol–water partition coefficient (Wildman–Crippen LogP) is 2.84. The molecule has 1 heterocycles. The summed E-state index contributed by atoms with van der Waals surface area (Å²) in [6.07, 6.45) is 3.51. The molecular formula is C16H17NO2. The molecule has 0 bridgehead atoms. The Bertz CT molecular complexity index is 588. The number of carbonyl (C=O) groups is 2. The van der Waals surface area contributed by atoms with E-state index < -0.39 is 0 Å². The number of allylic oxidation sites excluding steroid dienone is 2. The zero-order chi connectivity index (χ0) is 13.6. The summed E-state index contributed by atoms with van der Waals surface area (Å²) in [5.41, 5.74) is 2.92. The second kappa shape index (κ2) is 4.34. The van der Waals surface area contributed by atoms with Gasteiger partial charge in [-0.05, 0) is 38.3 Å². The Morgan fingerprint density at radius 3 is 2.47 bits per heavy atom. The van der Waals surface area contributed by atoms with Crippen LogP contribution in [0.3, 0.4) is 0 Å². The van der Waals surface area contributed by atoms with Crippen LogP contribution in [0, 0.1) is 18.8 Å². The van der Waals surface area contributed by atoms with Crippen LogP contribution in [0.2, 0.25) is 0 Å². The number of rotatable bonds is 1. The van der Waals surface area contributed by atoms with Gasteiger partial charge in [-0.1, -0.05) is 29.8 Å². The van der Waals surface area contributed by atoms with Crippen molar-refractivity contribution in [1.29, 1.82) is 0 Å². The quantitative estimate of drug-likeness (QED) is 0.571. The minimum Gasteiger partial charge on any atom is -0.274 e. The van der Waals surface area contributed by atoms with Gasteiger partial charge in [0, 0.05) is 0 Å². The molecule has 1 saturated heterocycles. The maximum Gasteiger partial charge on any atom is 0.238 e. The van der Waals surface area contributed by atoms with E-state index in [0.717, 1.165) is 17.7 Å². The number of para-hydroxylation sites is 1. The van der Waals surface area contributed by atoms with E-state index in [1.165, 1.54) is 10.5 Å². The maximum atomic E-state index is 12.5. The topological polar surface area (TPSA) is 37.4 Å². The summed E-state index contributed by atoms with van der Waals surface area (Å²) in [7, 11) is 0. The first-order chi connectivity index (χ1) is 9.09. The molecule has 1 fully saturated rings. The van der Waals surface area contributed by atoms with Gasteiger partial charge in [0.05, 0.1) is 17.5 Å². The van der Waals surface area contributed by atoms with Crippen LogP contribution in [-0.4, -0.2) is 11.8 Å². The van der Waals surface area contributed by atoms with Gasteiger partial charge < -0.3 is 0 Å². The Hall–Kier alpha value is -1.90. The first-order valence-corrected chi connectivity index (χ1v) is 6.68. The molecule has 98 valence electrons. The van der Waals surface area contributed by atoms with E-state index in [0.29, 0.717) is 6.42 Å². The average Bonchev–Trinajstić information content (AvgIpc) is 2.63. The van der Waals surface area contributed by atoms with Gasteiger partial charge in [0.1, 0.15) is 0 Å². The van der Waals surface area contributed by atoms with Crippen molar-refractivity contribution < 1.29 is 9.59 Å². The van der Waals surface area contributed by atoms with Crippen LogP contribution < -0.4 is 4.90 Å². The van der Waals surface area contributed by atoms with Gasteiger partial charge in [-0.3, -0.25) is 9.59 Å². The largest absolute Gasteiger partial charge is 0.274 e. The predicted molar refractivity (Wildman–Crippen MR) is 73.6 cm³/mol. The molecule has 0 unspecified atom stereocenters. The molecule has 0 N–H and O–H groups in total. The Labute approximate surface area is 112 Å². The number of nitrogens with zero attached hydrogens (tertiary/aromatic N) is 1. The molecule has 1 aliphatic carbocycles. The number of hydrogen-bond acceptors (Lipinski definition) is 2. The third-order valence-electron chi connectivity index (χ3n) is 4.18. The lowest BCUT2D eigenvalue weighted by molar-refractivity contribution is -0.122. The first-order valence-electron chi connectivity index (χ1n) is 6.68. The van der Waals surface area contributed by atoms with E-state index >= 15 is 0 Å². The fourth-order valence-corrected chi connectivity index (χ4v) is 3.09. The van der Waals surface area contributed by atoms with Crippen molar-refractivity contribution in [2.24, 2.45) is 11.8 Å². The van der Waals surface area contributed by atoms with Gasteiger partial charge in [0.15, 0.2) is 0 Å². The normalized spacial score (nSPS) is 26.4. The van der Waals surface area contributed by atoms with Crippen molar-refractivity contribution in [1.82, 2.24) is 0 Å². The summed E-state index contributed by atoms with van der Waals surface area (Å²) in [5, 5.41) is 0. The highest BCUT2D eigenvalue weighted by Crippen LogP contribution is 2.40. The van der Waals surface area contributed by atoms with E-state index in [1.807, 2.05) is 38.1 Å². The number of imide groups is 1. The molecule has 1 aromatic carbocycles. The van der Waals surface area contributed by atoms with Gasteiger partial charge in [-0.2, -0.15) is 0 Å². The van der Waals surface area contributed by atoms with Crippen molar-refractivity contribution in [3.63, 3.8) is 0 Å². The molecular weight excluding hydrogens is 238 g/mol. The molecule has 2 aliphatic rings. The molecule has 2 amide bonds. The van der Waals surface area contributed by atoms with Gasteiger partial charge in [0.25, 0.3) is 0 Å². The third-order valence-corrected chi connectivity index (χ3v) is 4.18. The van der Waals surface area contributed by atoms with Gasteiger partial charge in [-0.25, -0.2) is 4.90 Å². The number of benzene rings is 1. The zero-order valence-electron chi connectivity index (χ0n) is 11.2. The van der Waals surface area contributed by atoms with E-state index in [-0.39, 0.29) is 23.7 Å². The van der Waals surface area contributed by atoms with Gasteiger partial charge >= 0.3 is 0 Å². The van der Waals surface area contributed by atoms with Crippen molar-refractivity contribution in [3.05, 3.63) is 41.5 Å². The number of fused-ring (bicyclic) bond motifs is 1. The molecule has 19 heavy (non-hydrogen) atoms. The van der Waals surface area contributed by atoms with Gasteiger partial charge in [0.2, 0.25) is 11.8 Å². The lowest BCUT2D eigenvalue weighted by Gasteiger charge is -2.18. The third kappa shape index (κ3) is 1.81. The maximum absolute atomic E-state index is 12.5. The summed E-state index contributed by atoms with van der Waals surface area (Å²) in [4.78, 5) is 26.4. The fourth-order valence-electron chi connectivity index (χ4n) is 3.09. The Kier molecular flexibility index (Phi) is 2.77. The van der Waals surface area contributed by atoms with Crippen LogP contribution in [0.15, 0.2) is 35.9 Å². The smallest absolute Gasteiger partial charge is 0.238 e. The van der Waals surface area contributed by atoms with Crippen molar-refractivity contribution in [3.8, 4) is 0 Å².